The van der Waals surface area contributed by atoms with Crippen molar-refractivity contribution in [3.05, 3.63) is 66.4 Å². The van der Waals surface area contributed by atoms with Crippen LogP contribution in [0.25, 0.3) is 0 Å². The van der Waals surface area contributed by atoms with Crippen LogP contribution in [0.4, 0.5) is 0 Å². The number of benzene rings is 1. The van der Waals surface area contributed by atoms with Gasteiger partial charge < -0.3 is 20.1 Å². The Morgan fingerprint density at radius 3 is 2.66 bits per heavy atom. The molecule has 6 nitrogen and oxygen atoms in total. The van der Waals surface area contributed by atoms with Gasteiger partial charge in [0.2, 0.25) is 5.88 Å². The van der Waals surface area contributed by atoms with Gasteiger partial charge in [-0.1, -0.05) is 36.9 Å². The highest BCUT2D eigenvalue weighted by molar-refractivity contribution is 14.0. The van der Waals surface area contributed by atoms with Crippen LogP contribution in [0.5, 0.6) is 11.6 Å². The third kappa shape index (κ3) is 7.92. The summed E-state index contributed by atoms with van der Waals surface area (Å²) >= 11 is 0. The first-order chi connectivity index (χ1) is 13.8. The third-order valence-electron chi connectivity index (χ3n) is 4.42. The fraction of sp³-hybridized carbons (Fsp3) is 0.364. The number of hydrogen-bond donors (Lipinski definition) is 2. The minimum absolute atomic E-state index is 0. The van der Waals surface area contributed by atoms with E-state index in [2.05, 4.69) is 27.2 Å². The molecule has 3 rings (SSSR count). The molecule has 0 radical (unpaired) electrons. The van der Waals surface area contributed by atoms with Gasteiger partial charge in [0.05, 0.1) is 6.61 Å². The Morgan fingerprint density at radius 1 is 1.17 bits per heavy atom. The maximum Gasteiger partial charge on any atom is 0.213 e. The lowest BCUT2D eigenvalue weighted by atomic mass is 10.2. The highest BCUT2D eigenvalue weighted by Gasteiger charge is 2.22. The quantitative estimate of drug-likeness (QED) is 0.221. The summed E-state index contributed by atoms with van der Waals surface area (Å²) in [7, 11) is 1.75. The van der Waals surface area contributed by atoms with Crippen LogP contribution in [-0.4, -0.2) is 31.2 Å². The Morgan fingerprint density at radius 2 is 1.97 bits per heavy atom. The van der Waals surface area contributed by atoms with E-state index in [0.29, 0.717) is 31.5 Å². The lowest BCUT2D eigenvalue weighted by Crippen LogP contribution is -2.36. The number of aliphatic imine (C=N–C) groups is 1. The Hall–Kier alpha value is -2.29. The van der Waals surface area contributed by atoms with Gasteiger partial charge in [0.15, 0.2) is 5.96 Å². The highest BCUT2D eigenvalue weighted by Crippen LogP contribution is 2.29. The predicted octanol–water partition coefficient (Wildman–Crippen LogP) is 3.92. The van der Waals surface area contributed by atoms with Gasteiger partial charge in [-0.15, -0.1) is 24.0 Å². The summed E-state index contributed by atoms with van der Waals surface area (Å²) in [6, 6.07) is 11.9. The molecular weight excluding hydrogens is 479 g/mol. The number of halogens is 1. The van der Waals surface area contributed by atoms with Crippen LogP contribution in [0.2, 0.25) is 0 Å². The maximum absolute atomic E-state index is 5.69. The van der Waals surface area contributed by atoms with Crippen LogP contribution in [-0.2, 0) is 13.1 Å². The van der Waals surface area contributed by atoms with E-state index in [9.17, 15) is 0 Å². The molecule has 0 unspecified atom stereocenters. The second kappa shape index (κ2) is 12.3. The molecule has 0 atom stereocenters. The van der Waals surface area contributed by atoms with E-state index in [1.807, 2.05) is 42.6 Å². The second-order valence-corrected chi connectivity index (χ2v) is 6.75. The van der Waals surface area contributed by atoms with Crippen molar-refractivity contribution in [1.82, 2.24) is 15.6 Å². The molecule has 2 aromatic rings. The van der Waals surface area contributed by atoms with Gasteiger partial charge in [-0.25, -0.2) is 4.98 Å². The van der Waals surface area contributed by atoms with Crippen LogP contribution in [0, 0.1) is 5.92 Å². The van der Waals surface area contributed by atoms with Gasteiger partial charge in [-0.3, -0.25) is 4.99 Å². The summed E-state index contributed by atoms with van der Waals surface area (Å²) in [4.78, 5) is 8.64. The van der Waals surface area contributed by atoms with Crippen LogP contribution in [0.3, 0.4) is 0 Å². The van der Waals surface area contributed by atoms with Gasteiger partial charge in [0, 0.05) is 38.0 Å². The van der Waals surface area contributed by atoms with Crippen molar-refractivity contribution in [3.8, 4) is 11.6 Å². The molecule has 1 aromatic carbocycles. The van der Waals surface area contributed by atoms with Crippen molar-refractivity contribution in [3.63, 3.8) is 0 Å². The molecule has 7 heteroatoms. The minimum atomic E-state index is 0. The number of aromatic nitrogens is 1. The van der Waals surface area contributed by atoms with Crippen LogP contribution >= 0.6 is 24.0 Å². The number of nitrogens with zero attached hydrogens (tertiary/aromatic N) is 2. The summed E-state index contributed by atoms with van der Waals surface area (Å²) in [6.07, 6.45) is 6.12. The second-order valence-electron chi connectivity index (χ2n) is 6.75. The lowest BCUT2D eigenvalue weighted by Gasteiger charge is -2.14. The molecule has 2 N–H and O–H groups in total. The summed E-state index contributed by atoms with van der Waals surface area (Å²) in [5.41, 5.74) is 2.13. The van der Waals surface area contributed by atoms with Crippen molar-refractivity contribution < 1.29 is 9.47 Å². The topological polar surface area (TPSA) is 67.8 Å². The van der Waals surface area contributed by atoms with Gasteiger partial charge in [0.1, 0.15) is 12.4 Å². The van der Waals surface area contributed by atoms with E-state index in [4.69, 9.17) is 9.47 Å². The molecule has 1 aliphatic carbocycles. The van der Waals surface area contributed by atoms with E-state index < -0.39 is 0 Å². The SMILES string of the molecule is C=CCOc1ccccc1CNC(=NC)NCc1ccc(OCC2CC2)nc1.I. The minimum Gasteiger partial charge on any atom is -0.489 e. The molecular formula is C22H29IN4O2. The molecule has 29 heavy (non-hydrogen) atoms. The average molecular weight is 508 g/mol. The Kier molecular flexibility index (Phi) is 9.76. The monoisotopic (exact) mass is 508 g/mol. The number of para-hydroxylation sites is 1. The zero-order valence-corrected chi connectivity index (χ0v) is 19.1. The largest absolute Gasteiger partial charge is 0.489 e. The molecule has 0 spiro atoms. The van der Waals surface area contributed by atoms with Crippen molar-refractivity contribution in [2.45, 2.75) is 25.9 Å². The van der Waals surface area contributed by atoms with Crippen molar-refractivity contribution in [2.75, 3.05) is 20.3 Å². The number of nitrogens with one attached hydrogen (secondary N) is 2. The predicted molar refractivity (Wildman–Crippen MR) is 127 cm³/mol. The Balaban J connectivity index is 0.00000300. The van der Waals surface area contributed by atoms with Crippen LogP contribution in [0.1, 0.15) is 24.0 Å². The summed E-state index contributed by atoms with van der Waals surface area (Å²) in [5.74, 6) is 2.98. The standard InChI is InChI=1S/C22H28N4O2.HI/c1-3-12-27-20-7-5-4-6-19(20)15-26-22(23-2)25-14-18-10-11-21(24-13-18)28-16-17-8-9-17;/h3-7,10-11,13,17H,1,8-9,12,14-16H2,2H3,(H2,23,25,26);1H. The smallest absolute Gasteiger partial charge is 0.213 e. The number of guanidine groups is 1. The first kappa shape index (κ1) is 23.0. The van der Waals surface area contributed by atoms with E-state index in [-0.39, 0.29) is 24.0 Å². The molecule has 1 fully saturated rings. The molecule has 156 valence electrons. The first-order valence-electron chi connectivity index (χ1n) is 9.62. The molecule has 1 aliphatic rings. The van der Waals surface area contributed by atoms with E-state index in [0.717, 1.165) is 29.4 Å². The average Bonchev–Trinajstić information content (AvgIpc) is 3.57. The van der Waals surface area contributed by atoms with Gasteiger partial charge in [-0.05, 0) is 30.4 Å². The van der Waals surface area contributed by atoms with Gasteiger partial charge >= 0.3 is 0 Å². The number of ether oxygens (including phenoxy) is 2. The Bertz CT molecular complexity index is 792. The van der Waals surface area contributed by atoms with E-state index in [1.54, 1.807) is 13.1 Å². The van der Waals surface area contributed by atoms with Gasteiger partial charge in [-0.2, -0.15) is 0 Å². The van der Waals surface area contributed by atoms with Gasteiger partial charge in [0.25, 0.3) is 0 Å². The highest BCUT2D eigenvalue weighted by atomic mass is 127. The molecule has 0 bridgehead atoms. The molecule has 1 saturated carbocycles. The third-order valence-corrected chi connectivity index (χ3v) is 4.42. The fourth-order valence-corrected chi connectivity index (χ4v) is 2.61. The normalized spacial score (nSPS) is 13.2. The zero-order valence-electron chi connectivity index (χ0n) is 16.8. The number of rotatable bonds is 10. The summed E-state index contributed by atoms with van der Waals surface area (Å²) in [5, 5.41) is 6.61. The maximum atomic E-state index is 5.69. The van der Waals surface area contributed by atoms with Crippen LogP contribution < -0.4 is 20.1 Å². The van der Waals surface area contributed by atoms with E-state index >= 15 is 0 Å². The molecule has 0 aliphatic heterocycles. The zero-order chi connectivity index (χ0) is 19.6. The van der Waals surface area contributed by atoms with Crippen molar-refractivity contribution in [2.24, 2.45) is 10.9 Å². The number of hydrogen-bond acceptors (Lipinski definition) is 4. The van der Waals surface area contributed by atoms with Crippen molar-refractivity contribution in [1.29, 1.82) is 0 Å². The summed E-state index contributed by atoms with van der Waals surface area (Å²) < 4.78 is 11.4. The number of pyridine rings is 1. The fourth-order valence-electron chi connectivity index (χ4n) is 2.61. The molecule has 1 heterocycles. The molecule has 0 amide bonds. The Labute approximate surface area is 189 Å². The lowest BCUT2D eigenvalue weighted by molar-refractivity contribution is 0.288. The van der Waals surface area contributed by atoms with Crippen LogP contribution in [0.15, 0.2) is 60.2 Å². The van der Waals surface area contributed by atoms with Crippen molar-refractivity contribution >= 4 is 29.9 Å². The summed E-state index contributed by atoms with van der Waals surface area (Å²) in [6.45, 7) is 6.19. The van der Waals surface area contributed by atoms with E-state index in [1.165, 1.54) is 12.8 Å². The molecule has 0 saturated heterocycles. The first-order valence-corrected chi connectivity index (χ1v) is 9.62. The molecule has 1 aromatic heterocycles.